The molecule has 3 aromatic rings. The predicted molar refractivity (Wildman–Crippen MR) is 86.3 cm³/mol. The van der Waals surface area contributed by atoms with E-state index in [1.807, 2.05) is 19.1 Å². The summed E-state index contributed by atoms with van der Waals surface area (Å²) in [5.74, 6) is -0.280. The Morgan fingerprint density at radius 2 is 2.09 bits per heavy atom. The van der Waals surface area contributed by atoms with Crippen LogP contribution >= 0.6 is 22.9 Å². The molecule has 0 bridgehead atoms. The van der Waals surface area contributed by atoms with Crippen LogP contribution in [0.5, 0.6) is 0 Å². The van der Waals surface area contributed by atoms with Gasteiger partial charge in [0.2, 0.25) is 5.13 Å². The van der Waals surface area contributed by atoms with E-state index in [0.717, 1.165) is 17.0 Å². The lowest BCUT2D eigenvalue weighted by atomic mass is 10.1. The predicted octanol–water partition coefficient (Wildman–Crippen LogP) is 3.40. The first-order valence-corrected chi connectivity index (χ1v) is 7.80. The van der Waals surface area contributed by atoms with Gasteiger partial charge in [-0.25, -0.2) is 0 Å². The monoisotopic (exact) mass is 333 g/mol. The number of benzene rings is 1. The molecule has 0 atom stereocenters. The fraction of sp³-hybridized carbons (Fsp3) is 0.143. The zero-order chi connectivity index (χ0) is 15.5. The number of aryl methyl sites for hydroxylation is 1. The second-order valence-electron chi connectivity index (χ2n) is 4.47. The number of hydrogen-bond donors (Lipinski definition) is 2. The molecular weight excluding hydrogens is 322 g/mol. The number of nitrogens with zero attached hydrogens (tertiary/aromatic N) is 3. The molecule has 112 valence electrons. The van der Waals surface area contributed by atoms with Crippen LogP contribution in [0.25, 0.3) is 11.3 Å². The topological polar surface area (TPSA) is 83.6 Å². The summed E-state index contributed by atoms with van der Waals surface area (Å²) in [7, 11) is 0. The standard InChI is InChI=1S/C14H12ClN5OS/c1-2-11-18-20-14(22-11)17-13(21)10-7-16-19-12(10)8-3-5-9(15)6-4-8/h3-7H,2H2,1H3,(H,16,19)(H,17,20,21). The van der Waals surface area contributed by atoms with Crippen molar-refractivity contribution in [3.8, 4) is 11.3 Å². The van der Waals surface area contributed by atoms with E-state index in [-0.39, 0.29) is 5.91 Å². The third kappa shape index (κ3) is 3.00. The number of aromatic nitrogens is 4. The van der Waals surface area contributed by atoms with Crippen molar-refractivity contribution in [2.24, 2.45) is 0 Å². The van der Waals surface area contributed by atoms with Crippen molar-refractivity contribution in [2.75, 3.05) is 5.32 Å². The second kappa shape index (κ2) is 6.25. The average molecular weight is 334 g/mol. The first kappa shape index (κ1) is 14.7. The molecule has 1 amide bonds. The summed E-state index contributed by atoms with van der Waals surface area (Å²) in [5, 5.41) is 19.4. The molecule has 2 heterocycles. The lowest BCUT2D eigenvalue weighted by Gasteiger charge is -2.03. The van der Waals surface area contributed by atoms with Gasteiger partial charge in [-0.05, 0) is 18.6 Å². The Bertz CT molecular complexity index is 796. The summed E-state index contributed by atoms with van der Waals surface area (Å²) in [4.78, 5) is 12.4. The molecular formula is C14H12ClN5OS. The van der Waals surface area contributed by atoms with Gasteiger partial charge in [-0.15, -0.1) is 10.2 Å². The molecule has 2 N–H and O–H groups in total. The van der Waals surface area contributed by atoms with Gasteiger partial charge in [0.25, 0.3) is 5.91 Å². The van der Waals surface area contributed by atoms with Crippen LogP contribution in [-0.4, -0.2) is 26.3 Å². The maximum absolute atomic E-state index is 12.4. The largest absolute Gasteiger partial charge is 0.296 e. The Morgan fingerprint density at radius 3 is 2.77 bits per heavy atom. The summed E-state index contributed by atoms with van der Waals surface area (Å²) >= 11 is 7.24. The Balaban J connectivity index is 1.84. The molecule has 22 heavy (non-hydrogen) atoms. The van der Waals surface area contributed by atoms with Gasteiger partial charge in [0.1, 0.15) is 5.01 Å². The molecule has 6 nitrogen and oxygen atoms in total. The Labute approximate surface area is 135 Å². The van der Waals surface area contributed by atoms with Gasteiger partial charge in [-0.1, -0.05) is 42.0 Å². The zero-order valence-electron chi connectivity index (χ0n) is 11.6. The molecule has 1 aromatic carbocycles. The van der Waals surface area contributed by atoms with E-state index in [2.05, 4.69) is 25.7 Å². The molecule has 8 heteroatoms. The van der Waals surface area contributed by atoms with E-state index in [9.17, 15) is 4.79 Å². The SMILES string of the molecule is CCc1nnc(NC(=O)c2cn[nH]c2-c2ccc(Cl)cc2)s1. The van der Waals surface area contributed by atoms with Crippen molar-refractivity contribution in [3.05, 3.63) is 46.1 Å². The number of hydrogen-bond acceptors (Lipinski definition) is 5. The average Bonchev–Trinajstić information content (AvgIpc) is 3.16. The fourth-order valence-electron chi connectivity index (χ4n) is 1.91. The molecule has 3 rings (SSSR count). The first-order valence-electron chi connectivity index (χ1n) is 6.60. The summed E-state index contributed by atoms with van der Waals surface area (Å²) in [5.41, 5.74) is 1.91. The van der Waals surface area contributed by atoms with Gasteiger partial charge in [0.05, 0.1) is 17.5 Å². The van der Waals surface area contributed by atoms with Crippen LogP contribution in [0, 0.1) is 0 Å². The Kier molecular flexibility index (Phi) is 4.17. The van der Waals surface area contributed by atoms with E-state index in [1.54, 1.807) is 12.1 Å². The molecule has 0 aliphatic carbocycles. The van der Waals surface area contributed by atoms with Crippen LogP contribution in [0.1, 0.15) is 22.3 Å². The first-order chi connectivity index (χ1) is 10.7. The van der Waals surface area contributed by atoms with E-state index >= 15 is 0 Å². The van der Waals surface area contributed by atoms with Crippen LogP contribution in [0.3, 0.4) is 0 Å². The molecule has 0 aliphatic rings. The lowest BCUT2D eigenvalue weighted by molar-refractivity contribution is 0.102. The number of aromatic amines is 1. The highest BCUT2D eigenvalue weighted by atomic mass is 35.5. The number of anilines is 1. The van der Waals surface area contributed by atoms with Gasteiger partial charge in [0.15, 0.2) is 0 Å². The molecule has 0 radical (unpaired) electrons. The molecule has 0 saturated carbocycles. The normalized spacial score (nSPS) is 10.6. The highest BCUT2D eigenvalue weighted by Gasteiger charge is 2.17. The van der Waals surface area contributed by atoms with Gasteiger partial charge < -0.3 is 0 Å². The van der Waals surface area contributed by atoms with E-state index in [0.29, 0.717) is 21.4 Å². The Hall–Kier alpha value is -2.25. The van der Waals surface area contributed by atoms with Crippen LogP contribution in [0.2, 0.25) is 5.02 Å². The molecule has 0 saturated heterocycles. The quantitative estimate of drug-likeness (QED) is 0.766. The highest BCUT2D eigenvalue weighted by molar-refractivity contribution is 7.15. The van der Waals surface area contributed by atoms with Crippen molar-refractivity contribution < 1.29 is 4.79 Å². The number of H-pyrrole nitrogens is 1. The third-order valence-electron chi connectivity index (χ3n) is 3.01. The minimum absolute atomic E-state index is 0.280. The second-order valence-corrected chi connectivity index (χ2v) is 5.97. The number of amides is 1. The van der Waals surface area contributed by atoms with E-state index in [4.69, 9.17) is 11.6 Å². The maximum atomic E-state index is 12.4. The fourth-order valence-corrected chi connectivity index (χ4v) is 2.71. The maximum Gasteiger partial charge on any atom is 0.261 e. The highest BCUT2D eigenvalue weighted by Crippen LogP contribution is 2.24. The van der Waals surface area contributed by atoms with Crippen LogP contribution < -0.4 is 5.32 Å². The van der Waals surface area contributed by atoms with Crippen molar-refractivity contribution in [1.82, 2.24) is 20.4 Å². The van der Waals surface area contributed by atoms with Crippen molar-refractivity contribution in [2.45, 2.75) is 13.3 Å². The molecule has 2 aromatic heterocycles. The molecule has 0 spiro atoms. The minimum Gasteiger partial charge on any atom is -0.296 e. The number of rotatable bonds is 4. The molecule has 0 fully saturated rings. The lowest BCUT2D eigenvalue weighted by Crippen LogP contribution is -2.12. The summed E-state index contributed by atoms with van der Waals surface area (Å²) in [6, 6.07) is 7.18. The van der Waals surface area contributed by atoms with Gasteiger partial charge >= 0.3 is 0 Å². The van der Waals surface area contributed by atoms with Crippen molar-refractivity contribution >= 4 is 34.0 Å². The van der Waals surface area contributed by atoms with E-state index < -0.39 is 0 Å². The van der Waals surface area contributed by atoms with Crippen LogP contribution in [-0.2, 0) is 6.42 Å². The van der Waals surface area contributed by atoms with Crippen molar-refractivity contribution in [3.63, 3.8) is 0 Å². The molecule has 0 unspecified atom stereocenters. The number of carbonyl (C=O) groups excluding carboxylic acids is 1. The van der Waals surface area contributed by atoms with Gasteiger partial charge in [-0.2, -0.15) is 5.10 Å². The zero-order valence-corrected chi connectivity index (χ0v) is 13.2. The van der Waals surface area contributed by atoms with Crippen LogP contribution in [0.4, 0.5) is 5.13 Å². The van der Waals surface area contributed by atoms with E-state index in [1.165, 1.54) is 17.5 Å². The third-order valence-corrected chi connectivity index (χ3v) is 4.24. The Morgan fingerprint density at radius 1 is 1.32 bits per heavy atom. The summed E-state index contributed by atoms with van der Waals surface area (Å²) in [6.45, 7) is 1.99. The molecule has 0 aliphatic heterocycles. The smallest absolute Gasteiger partial charge is 0.261 e. The minimum atomic E-state index is -0.280. The summed E-state index contributed by atoms with van der Waals surface area (Å²) in [6.07, 6.45) is 2.27. The summed E-state index contributed by atoms with van der Waals surface area (Å²) < 4.78 is 0. The number of nitrogens with one attached hydrogen (secondary N) is 2. The number of halogens is 1. The van der Waals surface area contributed by atoms with Gasteiger partial charge in [-0.3, -0.25) is 15.2 Å². The van der Waals surface area contributed by atoms with Gasteiger partial charge in [0, 0.05) is 10.6 Å². The van der Waals surface area contributed by atoms with Crippen molar-refractivity contribution in [1.29, 1.82) is 0 Å². The number of carbonyl (C=O) groups is 1. The van der Waals surface area contributed by atoms with Crippen LogP contribution in [0.15, 0.2) is 30.5 Å².